The van der Waals surface area contributed by atoms with E-state index in [0.29, 0.717) is 6.61 Å². The maximum atomic E-state index is 12.2. The largest absolute Gasteiger partial charge is 0.394 e. The predicted molar refractivity (Wildman–Crippen MR) is 83.8 cm³/mol. The van der Waals surface area contributed by atoms with Crippen LogP contribution >= 0.6 is 7.60 Å². The predicted octanol–water partition coefficient (Wildman–Crippen LogP) is 2.80. The third-order valence-corrected chi connectivity index (χ3v) is 4.51. The van der Waals surface area contributed by atoms with E-state index in [1.165, 1.54) is 0 Å². The molecule has 0 aliphatic heterocycles. The highest BCUT2D eigenvalue weighted by Crippen LogP contribution is 2.48. The number of hydrogen-bond donors (Lipinski definition) is 1. The SMILES string of the molecule is CCOP(=O)(COC(CO)COCc1ccccc1)OCC. The van der Waals surface area contributed by atoms with E-state index in [4.69, 9.17) is 18.5 Å². The molecule has 6 nitrogen and oxygen atoms in total. The summed E-state index contributed by atoms with van der Waals surface area (Å²) in [5, 5.41) is 9.30. The molecule has 0 spiro atoms. The topological polar surface area (TPSA) is 74.2 Å². The van der Waals surface area contributed by atoms with Crippen molar-refractivity contribution < 1.29 is 28.2 Å². The Hall–Kier alpha value is -0.750. The molecule has 0 aromatic heterocycles. The van der Waals surface area contributed by atoms with Gasteiger partial charge in [0.25, 0.3) is 0 Å². The fourth-order valence-corrected chi connectivity index (χ4v) is 3.14. The maximum absolute atomic E-state index is 12.2. The van der Waals surface area contributed by atoms with Crippen molar-refractivity contribution in [2.24, 2.45) is 0 Å². The second kappa shape index (κ2) is 10.9. The summed E-state index contributed by atoms with van der Waals surface area (Å²) in [5.41, 5.74) is 1.04. The Balaban J connectivity index is 2.36. The van der Waals surface area contributed by atoms with Crippen LogP contribution in [0.1, 0.15) is 19.4 Å². The number of benzene rings is 1. The van der Waals surface area contributed by atoms with Crippen LogP contribution in [-0.2, 0) is 29.7 Å². The molecule has 0 radical (unpaired) electrons. The van der Waals surface area contributed by atoms with Crippen LogP contribution in [-0.4, -0.2) is 44.0 Å². The normalized spacial score (nSPS) is 13.2. The highest BCUT2D eigenvalue weighted by molar-refractivity contribution is 7.53. The lowest BCUT2D eigenvalue weighted by molar-refractivity contribution is -0.0369. The number of ether oxygens (including phenoxy) is 2. The van der Waals surface area contributed by atoms with Gasteiger partial charge in [0.15, 0.2) is 0 Å². The fourth-order valence-electron chi connectivity index (χ4n) is 1.74. The minimum absolute atomic E-state index is 0.198. The molecule has 0 aliphatic rings. The number of aliphatic hydroxyl groups is 1. The molecular weight excluding hydrogens is 307 g/mol. The molecule has 0 fully saturated rings. The second-order valence-corrected chi connectivity index (χ2v) is 6.54. The van der Waals surface area contributed by atoms with E-state index in [9.17, 15) is 9.67 Å². The molecule has 1 aromatic carbocycles. The Bertz CT molecular complexity index is 429. The lowest BCUT2D eigenvalue weighted by Gasteiger charge is -2.21. The molecule has 1 atom stereocenters. The fraction of sp³-hybridized carbons (Fsp3) is 0.600. The first-order chi connectivity index (χ1) is 10.6. The van der Waals surface area contributed by atoms with E-state index in [2.05, 4.69) is 0 Å². The van der Waals surface area contributed by atoms with Crippen molar-refractivity contribution >= 4 is 7.60 Å². The number of aliphatic hydroxyl groups excluding tert-OH is 1. The first-order valence-electron chi connectivity index (χ1n) is 7.35. The van der Waals surface area contributed by atoms with Crippen molar-refractivity contribution in [2.45, 2.75) is 26.6 Å². The van der Waals surface area contributed by atoms with Gasteiger partial charge in [-0.15, -0.1) is 0 Å². The summed E-state index contributed by atoms with van der Waals surface area (Å²) in [5.74, 6) is 0. The molecule has 0 saturated heterocycles. The van der Waals surface area contributed by atoms with Crippen molar-refractivity contribution in [3.8, 4) is 0 Å². The molecule has 7 heteroatoms. The molecule has 1 aromatic rings. The van der Waals surface area contributed by atoms with Gasteiger partial charge >= 0.3 is 7.60 Å². The molecule has 0 heterocycles. The summed E-state index contributed by atoms with van der Waals surface area (Å²) in [6.45, 7) is 4.41. The van der Waals surface area contributed by atoms with E-state index in [1.54, 1.807) is 13.8 Å². The summed E-state index contributed by atoms with van der Waals surface area (Å²) < 4.78 is 33.4. The van der Waals surface area contributed by atoms with Gasteiger partial charge in [0.2, 0.25) is 0 Å². The van der Waals surface area contributed by atoms with Crippen LogP contribution < -0.4 is 0 Å². The molecule has 1 N–H and O–H groups in total. The standard InChI is InChI=1S/C15H25O6P/c1-3-20-22(17,21-4-2)13-19-15(10-16)12-18-11-14-8-6-5-7-9-14/h5-9,15-16H,3-4,10-13H2,1-2H3. The Morgan fingerprint density at radius 2 is 1.77 bits per heavy atom. The van der Waals surface area contributed by atoms with Crippen molar-refractivity contribution in [3.63, 3.8) is 0 Å². The molecule has 0 aliphatic carbocycles. The second-order valence-electron chi connectivity index (χ2n) is 4.55. The summed E-state index contributed by atoms with van der Waals surface area (Å²) in [6.07, 6.45) is -0.771. The highest BCUT2D eigenvalue weighted by atomic mass is 31.2. The van der Waals surface area contributed by atoms with Crippen molar-refractivity contribution in [1.29, 1.82) is 0 Å². The molecule has 0 bridgehead atoms. The summed E-state index contributed by atoms with van der Waals surface area (Å²) in [4.78, 5) is 0. The summed E-state index contributed by atoms with van der Waals surface area (Å²) >= 11 is 0. The van der Waals surface area contributed by atoms with Crippen molar-refractivity contribution in [3.05, 3.63) is 35.9 Å². The smallest absolute Gasteiger partial charge is 0.356 e. The number of hydrogen-bond acceptors (Lipinski definition) is 6. The Morgan fingerprint density at radius 3 is 2.32 bits per heavy atom. The monoisotopic (exact) mass is 332 g/mol. The number of rotatable bonds is 12. The molecule has 0 amide bonds. The van der Waals surface area contributed by atoms with E-state index in [0.717, 1.165) is 5.56 Å². The average molecular weight is 332 g/mol. The zero-order valence-corrected chi connectivity index (χ0v) is 14.0. The van der Waals surface area contributed by atoms with Gasteiger partial charge in [-0.1, -0.05) is 30.3 Å². The zero-order valence-electron chi connectivity index (χ0n) is 13.1. The van der Waals surface area contributed by atoms with Crippen LogP contribution in [0.2, 0.25) is 0 Å². The maximum Gasteiger partial charge on any atom is 0.356 e. The first kappa shape index (κ1) is 19.3. The van der Waals surface area contributed by atoms with Crippen LogP contribution in [0.15, 0.2) is 30.3 Å². The minimum atomic E-state index is -3.27. The molecule has 22 heavy (non-hydrogen) atoms. The lowest BCUT2D eigenvalue weighted by atomic mass is 10.2. The summed E-state index contributed by atoms with van der Waals surface area (Å²) in [7, 11) is -3.27. The van der Waals surface area contributed by atoms with E-state index in [-0.39, 0.29) is 32.8 Å². The van der Waals surface area contributed by atoms with E-state index in [1.807, 2.05) is 30.3 Å². The zero-order chi connectivity index (χ0) is 16.3. The van der Waals surface area contributed by atoms with Gasteiger partial charge in [-0.05, 0) is 19.4 Å². The molecule has 0 saturated carbocycles. The highest BCUT2D eigenvalue weighted by Gasteiger charge is 2.25. The molecule has 1 rings (SSSR count). The van der Waals surface area contributed by atoms with Crippen LogP contribution in [0.4, 0.5) is 0 Å². The molecule has 1 unspecified atom stereocenters. The van der Waals surface area contributed by atoms with Crippen LogP contribution in [0.25, 0.3) is 0 Å². The van der Waals surface area contributed by atoms with E-state index < -0.39 is 13.7 Å². The molecule has 126 valence electrons. The summed E-state index contributed by atoms with van der Waals surface area (Å²) in [6, 6.07) is 9.70. The lowest BCUT2D eigenvalue weighted by Crippen LogP contribution is -2.25. The van der Waals surface area contributed by atoms with Crippen LogP contribution in [0, 0.1) is 0 Å². The van der Waals surface area contributed by atoms with Gasteiger partial charge in [-0.2, -0.15) is 0 Å². The van der Waals surface area contributed by atoms with Crippen LogP contribution in [0.3, 0.4) is 0 Å². The quantitative estimate of drug-likeness (QED) is 0.593. The van der Waals surface area contributed by atoms with E-state index >= 15 is 0 Å². The van der Waals surface area contributed by atoms with Gasteiger partial charge in [-0.25, -0.2) is 0 Å². The Kier molecular flexibility index (Phi) is 9.55. The van der Waals surface area contributed by atoms with Crippen LogP contribution in [0.5, 0.6) is 0 Å². The van der Waals surface area contributed by atoms with Gasteiger partial charge < -0.3 is 23.6 Å². The van der Waals surface area contributed by atoms with Gasteiger partial charge in [0.05, 0.1) is 33.0 Å². The van der Waals surface area contributed by atoms with Gasteiger partial charge in [-0.3, -0.25) is 4.57 Å². The minimum Gasteiger partial charge on any atom is -0.394 e. The Morgan fingerprint density at radius 1 is 1.14 bits per heavy atom. The third-order valence-electron chi connectivity index (χ3n) is 2.74. The van der Waals surface area contributed by atoms with Gasteiger partial charge in [0, 0.05) is 0 Å². The third kappa shape index (κ3) is 7.49. The molecular formula is C15H25O6P. The van der Waals surface area contributed by atoms with Crippen molar-refractivity contribution in [2.75, 3.05) is 32.8 Å². The Labute approximate surface area is 131 Å². The average Bonchev–Trinajstić information content (AvgIpc) is 2.52. The van der Waals surface area contributed by atoms with Crippen molar-refractivity contribution in [1.82, 2.24) is 0 Å². The van der Waals surface area contributed by atoms with Gasteiger partial charge in [0.1, 0.15) is 12.5 Å². The first-order valence-corrected chi connectivity index (χ1v) is 9.08.